The molecule has 3 rings (SSSR count). The van der Waals surface area contributed by atoms with Crippen LogP contribution < -0.4 is 5.73 Å². The molecule has 3 fully saturated rings. The molecule has 2 unspecified atom stereocenters. The number of hydrogen-bond donors (Lipinski definition) is 1. The van der Waals surface area contributed by atoms with Gasteiger partial charge in [-0.05, 0) is 46.0 Å². The van der Waals surface area contributed by atoms with Crippen molar-refractivity contribution in [1.82, 2.24) is 4.90 Å². The zero-order valence-electron chi connectivity index (χ0n) is 11.0. The van der Waals surface area contributed by atoms with Gasteiger partial charge in [-0.25, -0.2) is 4.79 Å². The third kappa shape index (κ3) is 1.65. The Labute approximate surface area is 102 Å². The van der Waals surface area contributed by atoms with Crippen LogP contribution in [0.4, 0.5) is 4.79 Å². The summed E-state index contributed by atoms with van der Waals surface area (Å²) in [6, 6.07) is 0. The molecule has 0 spiro atoms. The molecular formula is C13H22N2O2. The van der Waals surface area contributed by atoms with Crippen molar-refractivity contribution in [3.8, 4) is 0 Å². The van der Waals surface area contributed by atoms with E-state index in [9.17, 15) is 4.79 Å². The minimum atomic E-state index is -0.406. The maximum Gasteiger partial charge on any atom is 0.410 e. The largest absolute Gasteiger partial charge is 0.444 e. The molecule has 1 aliphatic heterocycles. The van der Waals surface area contributed by atoms with Gasteiger partial charge >= 0.3 is 6.09 Å². The van der Waals surface area contributed by atoms with E-state index in [2.05, 4.69) is 0 Å². The van der Waals surface area contributed by atoms with Crippen LogP contribution in [0.5, 0.6) is 0 Å². The van der Waals surface area contributed by atoms with Crippen LogP contribution in [0.15, 0.2) is 0 Å². The molecule has 1 saturated heterocycles. The Hall–Kier alpha value is -0.770. The Morgan fingerprint density at radius 1 is 1.41 bits per heavy atom. The molecule has 3 aliphatic rings. The molecule has 96 valence electrons. The molecule has 2 saturated carbocycles. The first-order valence-electron chi connectivity index (χ1n) is 6.53. The monoisotopic (exact) mass is 238 g/mol. The van der Waals surface area contributed by atoms with E-state index in [-0.39, 0.29) is 17.0 Å². The Morgan fingerprint density at radius 2 is 2.06 bits per heavy atom. The molecule has 1 heterocycles. The molecule has 4 nitrogen and oxygen atoms in total. The fraction of sp³-hybridized carbons (Fsp3) is 0.923. The summed E-state index contributed by atoms with van der Waals surface area (Å²) in [5.41, 5.74) is 6.21. The molecule has 17 heavy (non-hydrogen) atoms. The standard InChI is InChI=1S/C13H22N2O2/c1-11(2,3)17-10(16)15-7-9-6-12(9,8-15)13(14)4-5-13/h9H,4-8,14H2,1-3H3. The van der Waals surface area contributed by atoms with E-state index in [0.717, 1.165) is 25.9 Å². The van der Waals surface area contributed by atoms with E-state index >= 15 is 0 Å². The van der Waals surface area contributed by atoms with Crippen molar-refractivity contribution in [1.29, 1.82) is 0 Å². The van der Waals surface area contributed by atoms with E-state index in [1.54, 1.807) is 0 Å². The van der Waals surface area contributed by atoms with Gasteiger partial charge in [-0.3, -0.25) is 0 Å². The topological polar surface area (TPSA) is 55.6 Å². The molecule has 0 aromatic carbocycles. The number of carbonyl (C=O) groups is 1. The highest BCUT2D eigenvalue weighted by molar-refractivity contribution is 5.69. The third-order valence-corrected chi connectivity index (χ3v) is 4.58. The Kier molecular flexibility index (Phi) is 1.98. The summed E-state index contributed by atoms with van der Waals surface area (Å²) in [4.78, 5) is 13.8. The predicted octanol–water partition coefficient (Wildman–Crippen LogP) is 1.73. The number of hydrogen-bond acceptors (Lipinski definition) is 3. The summed E-state index contributed by atoms with van der Waals surface area (Å²) in [6.07, 6.45) is 3.30. The highest BCUT2D eigenvalue weighted by atomic mass is 16.6. The lowest BCUT2D eigenvalue weighted by molar-refractivity contribution is 0.0256. The van der Waals surface area contributed by atoms with Crippen LogP contribution >= 0.6 is 0 Å². The first-order chi connectivity index (χ1) is 7.76. The quantitative estimate of drug-likeness (QED) is 0.757. The van der Waals surface area contributed by atoms with Crippen molar-refractivity contribution in [2.24, 2.45) is 17.1 Å². The van der Waals surface area contributed by atoms with Crippen molar-refractivity contribution in [2.45, 2.75) is 51.2 Å². The minimum absolute atomic E-state index is 0.0361. The van der Waals surface area contributed by atoms with E-state index in [1.807, 2.05) is 25.7 Å². The van der Waals surface area contributed by atoms with Crippen molar-refractivity contribution in [3.05, 3.63) is 0 Å². The highest BCUT2D eigenvalue weighted by Crippen LogP contribution is 2.69. The van der Waals surface area contributed by atoms with E-state index in [0.29, 0.717) is 5.92 Å². The number of fused-ring (bicyclic) bond motifs is 1. The van der Waals surface area contributed by atoms with Gasteiger partial charge in [-0.1, -0.05) is 0 Å². The second-order valence-electron chi connectivity index (χ2n) is 7.07. The highest BCUT2D eigenvalue weighted by Gasteiger charge is 2.73. The van der Waals surface area contributed by atoms with Crippen LogP contribution in [0.3, 0.4) is 0 Å². The summed E-state index contributed by atoms with van der Waals surface area (Å²) in [5.74, 6) is 0.627. The van der Waals surface area contributed by atoms with Crippen LogP contribution in [0.25, 0.3) is 0 Å². The van der Waals surface area contributed by atoms with Crippen LogP contribution in [0.1, 0.15) is 40.0 Å². The lowest BCUT2D eigenvalue weighted by Crippen LogP contribution is -2.42. The van der Waals surface area contributed by atoms with Gasteiger partial charge < -0.3 is 15.4 Å². The normalized spacial score (nSPS) is 37.6. The van der Waals surface area contributed by atoms with Crippen molar-refractivity contribution in [2.75, 3.05) is 13.1 Å². The van der Waals surface area contributed by atoms with Gasteiger partial charge in [0.05, 0.1) is 0 Å². The molecular weight excluding hydrogens is 216 g/mol. The average molecular weight is 238 g/mol. The van der Waals surface area contributed by atoms with Crippen molar-refractivity contribution < 1.29 is 9.53 Å². The van der Waals surface area contributed by atoms with Gasteiger partial charge in [-0.15, -0.1) is 0 Å². The van der Waals surface area contributed by atoms with Gasteiger partial charge in [-0.2, -0.15) is 0 Å². The van der Waals surface area contributed by atoms with Gasteiger partial charge in [0, 0.05) is 24.0 Å². The summed E-state index contributed by atoms with van der Waals surface area (Å²) < 4.78 is 5.41. The molecule has 0 aromatic heterocycles. The number of ether oxygens (including phenoxy) is 1. The van der Waals surface area contributed by atoms with Gasteiger partial charge in [0.25, 0.3) is 0 Å². The number of amides is 1. The van der Waals surface area contributed by atoms with Gasteiger partial charge in [0.2, 0.25) is 0 Å². The minimum Gasteiger partial charge on any atom is -0.444 e. The fourth-order valence-electron chi connectivity index (χ4n) is 3.35. The van der Waals surface area contributed by atoms with Crippen LogP contribution in [-0.2, 0) is 4.74 Å². The lowest BCUT2D eigenvalue weighted by atomic mass is 9.93. The van der Waals surface area contributed by atoms with Crippen LogP contribution in [0.2, 0.25) is 0 Å². The summed E-state index contributed by atoms with van der Waals surface area (Å²) in [6.45, 7) is 7.37. The predicted molar refractivity (Wildman–Crippen MR) is 64.5 cm³/mol. The summed E-state index contributed by atoms with van der Waals surface area (Å²) >= 11 is 0. The summed E-state index contributed by atoms with van der Waals surface area (Å²) in [5, 5.41) is 0. The molecule has 1 amide bonds. The fourth-order valence-corrected chi connectivity index (χ4v) is 3.35. The van der Waals surface area contributed by atoms with Gasteiger partial charge in [0.15, 0.2) is 0 Å². The summed E-state index contributed by atoms with van der Waals surface area (Å²) in [7, 11) is 0. The lowest BCUT2D eigenvalue weighted by Gasteiger charge is -2.28. The number of carbonyl (C=O) groups excluding carboxylic acids is 1. The molecule has 2 atom stereocenters. The molecule has 0 radical (unpaired) electrons. The molecule has 2 aliphatic carbocycles. The number of rotatable bonds is 1. The Balaban J connectivity index is 1.64. The average Bonchev–Trinajstić information content (AvgIpc) is 3.05. The van der Waals surface area contributed by atoms with E-state index in [1.165, 1.54) is 6.42 Å². The molecule has 0 aromatic rings. The van der Waals surface area contributed by atoms with Crippen molar-refractivity contribution in [3.63, 3.8) is 0 Å². The van der Waals surface area contributed by atoms with E-state index < -0.39 is 5.60 Å². The maximum absolute atomic E-state index is 12.0. The van der Waals surface area contributed by atoms with Crippen molar-refractivity contribution >= 4 is 6.09 Å². The Bertz CT molecular complexity index is 370. The smallest absolute Gasteiger partial charge is 0.410 e. The first kappa shape index (κ1) is 11.3. The number of nitrogens with zero attached hydrogens (tertiary/aromatic N) is 1. The van der Waals surface area contributed by atoms with Gasteiger partial charge in [0.1, 0.15) is 5.60 Å². The van der Waals surface area contributed by atoms with E-state index in [4.69, 9.17) is 10.5 Å². The Morgan fingerprint density at radius 3 is 2.59 bits per heavy atom. The zero-order valence-corrected chi connectivity index (χ0v) is 11.0. The second kappa shape index (κ2) is 2.97. The zero-order chi connectivity index (χ0) is 12.5. The number of nitrogens with two attached hydrogens (primary N) is 1. The number of likely N-dealkylation sites (tertiary alicyclic amines) is 1. The molecule has 2 N–H and O–H groups in total. The number of piperidine rings is 1. The second-order valence-corrected chi connectivity index (χ2v) is 7.07. The SMILES string of the molecule is CC(C)(C)OC(=O)N1CC2CC2(C2(N)CC2)C1. The van der Waals surface area contributed by atoms with Crippen LogP contribution in [-0.4, -0.2) is 35.2 Å². The maximum atomic E-state index is 12.0. The third-order valence-electron chi connectivity index (χ3n) is 4.58. The molecule has 4 heteroatoms. The first-order valence-corrected chi connectivity index (χ1v) is 6.53. The van der Waals surface area contributed by atoms with Crippen LogP contribution in [0, 0.1) is 11.3 Å². The molecule has 0 bridgehead atoms.